The fourth-order valence-electron chi connectivity index (χ4n) is 4.49. The number of rotatable bonds is 7. The van der Waals surface area contributed by atoms with Gasteiger partial charge in [0.1, 0.15) is 24.6 Å². The lowest BCUT2D eigenvalue weighted by Gasteiger charge is -2.22. The number of ether oxygens (including phenoxy) is 3. The Morgan fingerprint density at radius 1 is 1.22 bits per heavy atom. The van der Waals surface area contributed by atoms with Gasteiger partial charge in [0.05, 0.1) is 23.8 Å². The Labute approximate surface area is 190 Å². The first kappa shape index (κ1) is 21.2. The summed E-state index contributed by atoms with van der Waals surface area (Å²) in [5.41, 5.74) is 1.32. The average Bonchev–Trinajstić information content (AvgIpc) is 3.41. The third-order valence-corrected chi connectivity index (χ3v) is 6.37. The van der Waals surface area contributed by atoms with E-state index in [0.717, 1.165) is 37.9 Å². The van der Waals surface area contributed by atoms with Crippen LogP contribution in [-0.2, 0) is 4.74 Å². The summed E-state index contributed by atoms with van der Waals surface area (Å²) >= 11 is 5.91. The minimum atomic E-state index is -0.473. The lowest BCUT2D eigenvalue weighted by molar-refractivity contribution is 0.104. The van der Waals surface area contributed by atoms with Gasteiger partial charge < -0.3 is 19.5 Å². The van der Waals surface area contributed by atoms with E-state index in [9.17, 15) is 4.39 Å². The van der Waals surface area contributed by atoms with E-state index in [1.807, 2.05) is 12.1 Å². The normalized spacial score (nSPS) is 20.5. The van der Waals surface area contributed by atoms with Crippen LogP contribution in [0.2, 0.25) is 5.02 Å². The maximum absolute atomic E-state index is 13.5. The molecule has 9 heteroatoms. The number of benzene rings is 2. The highest BCUT2D eigenvalue weighted by atomic mass is 35.5. The molecule has 2 aliphatic heterocycles. The van der Waals surface area contributed by atoms with Crippen LogP contribution >= 0.6 is 11.6 Å². The molecule has 2 saturated heterocycles. The van der Waals surface area contributed by atoms with E-state index in [2.05, 4.69) is 20.2 Å². The topological polar surface area (TPSA) is 68.7 Å². The summed E-state index contributed by atoms with van der Waals surface area (Å²) in [5.74, 6) is 1.32. The molecule has 0 saturated carbocycles. The van der Waals surface area contributed by atoms with Crippen molar-refractivity contribution in [1.29, 1.82) is 0 Å². The number of halogens is 2. The molecule has 2 aliphatic rings. The number of aromatic nitrogens is 2. The molecule has 0 unspecified atom stereocenters. The number of nitrogens with one attached hydrogen (secondary N) is 1. The molecule has 5 rings (SSSR count). The molecule has 2 atom stereocenters. The molecular formula is C23H24ClFN4O3. The lowest BCUT2D eigenvalue weighted by atomic mass is 10.1. The average molecular weight is 459 g/mol. The highest BCUT2D eigenvalue weighted by Gasteiger charge is 2.38. The number of likely N-dealkylation sites (tertiary alicyclic amines) is 1. The Bertz CT molecular complexity index is 1130. The summed E-state index contributed by atoms with van der Waals surface area (Å²) < 4.78 is 30.9. The van der Waals surface area contributed by atoms with E-state index in [0.29, 0.717) is 47.3 Å². The second-order valence-electron chi connectivity index (χ2n) is 7.93. The maximum atomic E-state index is 13.5. The van der Waals surface area contributed by atoms with Crippen LogP contribution in [0.4, 0.5) is 15.9 Å². The van der Waals surface area contributed by atoms with Crippen LogP contribution in [0.1, 0.15) is 12.8 Å². The summed E-state index contributed by atoms with van der Waals surface area (Å²) in [5, 5.41) is 3.98. The van der Waals surface area contributed by atoms with Gasteiger partial charge in [0.15, 0.2) is 11.5 Å². The maximum Gasteiger partial charge on any atom is 0.162 e. The highest BCUT2D eigenvalue weighted by Crippen LogP contribution is 2.35. The molecule has 0 aliphatic carbocycles. The first-order valence-corrected chi connectivity index (χ1v) is 11.0. The molecule has 2 fully saturated rings. The Kier molecular flexibility index (Phi) is 5.99. The third kappa shape index (κ3) is 4.18. The monoisotopic (exact) mass is 458 g/mol. The van der Waals surface area contributed by atoms with Crippen LogP contribution < -0.4 is 14.8 Å². The minimum absolute atomic E-state index is 0.0378. The molecule has 0 amide bonds. The molecule has 2 aromatic carbocycles. The number of fused-ring (bicyclic) bond motifs is 2. The van der Waals surface area contributed by atoms with E-state index < -0.39 is 5.82 Å². The van der Waals surface area contributed by atoms with E-state index >= 15 is 0 Å². The fourth-order valence-corrected chi connectivity index (χ4v) is 4.67. The van der Waals surface area contributed by atoms with Crippen LogP contribution in [-0.4, -0.2) is 60.4 Å². The highest BCUT2D eigenvalue weighted by molar-refractivity contribution is 6.31. The van der Waals surface area contributed by atoms with Gasteiger partial charge in [-0.3, -0.25) is 4.90 Å². The van der Waals surface area contributed by atoms with Gasteiger partial charge >= 0.3 is 0 Å². The number of hydrogen-bond acceptors (Lipinski definition) is 7. The zero-order chi connectivity index (χ0) is 22.1. The van der Waals surface area contributed by atoms with Crippen LogP contribution in [0, 0.1) is 5.82 Å². The van der Waals surface area contributed by atoms with E-state index in [1.165, 1.54) is 18.5 Å². The van der Waals surface area contributed by atoms with Crippen molar-refractivity contribution >= 4 is 34.0 Å². The molecule has 0 radical (unpaired) electrons. The molecule has 3 aromatic rings. The van der Waals surface area contributed by atoms with Gasteiger partial charge in [0.2, 0.25) is 0 Å². The summed E-state index contributed by atoms with van der Waals surface area (Å²) in [6.07, 6.45) is 4.01. The molecule has 1 aromatic heterocycles. The Balaban J connectivity index is 1.36. The Morgan fingerprint density at radius 2 is 2.12 bits per heavy atom. The number of hydrogen-bond donors (Lipinski definition) is 1. The van der Waals surface area contributed by atoms with Gasteiger partial charge in [-0.25, -0.2) is 14.4 Å². The van der Waals surface area contributed by atoms with Crippen molar-refractivity contribution in [2.75, 3.05) is 38.7 Å². The molecule has 168 valence electrons. The molecular weight excluding hydrogens is 435 g/mol. The van der Waals surface area contributed by atoms with Crippen LogP contribution in [0.15, 0.2) is 36.7 Å². The van der Waals surface area contributed by atoms with E-state index in [-0.39, 0.29) is 5.02 Å². The van der Waals surface area contributed by atoms with Crippen molar-refractivity contribution in [3.8, 4) is 11.5 Å². The van der Waals surface area contributed by atoms with Gasteiger partial charge in [-0.05, 0) is 37.1 Å². The molecule has 3 heterocycles. The zero-order valence-electron chi connectivity index (χ0n) is 17.7. The first-order chi connectivity index (χ1) is 15.6. The number of methoxy groups -OCH3 is 1. The van der Waals surface area contributed by atoms with Crippen molar-refractivity contribution in [1.82, 2.24) is 14.9 Å². The van der Waals surface area contributed by atoms with Crippen LogP contribution in [0.3, 0.4) is 0 Å². The second kappa shape index (κ2) is 9.05. The quantitative estimate of drug-likeness (QED) is 0.562. The number of anilines is 2. The van der Waals surface area contributed by atoms with Gasteiger partial charge in [-0.15, -0.1) is 0 Å². The van der Waals surface area contributed by atoms with E-state index in [4.69, 9.17) is 25.8 Å². The van der Waals surface area contributed by atoms with E-state index in [1.54, 1.807) is 13.2 Å². The molecule has 32 heavy (non-hydrogen) atoms. The lowest BCUT2D eigenvalue weighted by Crippen LogP contribution is -2.35. The predicted octanol–water partition coefficient (Wildman–Crippen LogP) is 4.42. The zero-order valence-corrected chi connectivity index (χ0v) is 18.4. The molecule has 0 bridgehead atoms. The summed E-state index contributed by atoms with van der Waals surface area (Å²) in [4.78, 5) is 11.1. The van der Waals surface area contributed by atoms with Crippen molar-refractivity contribution in [3.05, 3.63) is 47.5 Å². The van der Waals surface area contributed by atoms with Gasteiger partial charge in [-0.2, -0.15) is 0 Å². The molecule has 1 N–H and O–H groups in total. The van der Waals surface area contributed by atoms with Gasteiger partial charge in [0.25, 0.3) is 0 Å². The summed E-state index contributed by atoms with van der Waals surface area (Å²) in [7, 11) is 1.61. The third-order valence-electron chi connectivity index (χ3n) is 6.08. The van der Waals surface area contributed by atoms with Gasteiger partial charge in [0, 0.05) is 42.9 Å². The largest absolute Gasteiger partial charge is 0.493 e. The van der Waals surface area contributed by atoms with Crippen molar-refractivity contribution < 1.29 is 18.6 Å². The summed E-state index contributed by atoms with van der Waals surface area (Å²) in [6, 6.07) is 8.63. The number of nitrogens with zero attached hydrogens (tertiary/aromatic N) is 3. The smallest absolute Gasteiger partial charge is 0.162 e. The minimum Gasteiger partial charge on any atom is -0.493 e. The molecule has 7 nitrogen and oxygen atoms in total. The van der Waals surface area contributed by atoms with Crippen molar-refractivity contribution in [2.45, 2.75) is 25.0 Å². The second-order valence-corrected chi connectivity index (χ2v) is 8.34. The summed E-state index contributed by atoms with van der Waals surface area (Å²) in [6.45, 7) is 3.25. The van der Waals surface area contributed by atoms with Crippen molar-refractivity contribution in [3.63, 3.8) is 0 Å². The predicted molar refractivity (Wildman–Crippen MR) is 121 cm³/mol. The first-order valence-electron chi connectivity index (χ1n) is 10.7. The standard InChI is InChI=1S/C23H24ClFN4O3/c1-30-21-12-18-15(23(27-13-26-18)28-14-2-3-17(25)16(24)10-14)11-22(21)32-9-7-29-6-4-20-19(29)5-8-31-20/h2-3,10-13,19-20H,4-9H2,1H3,(H,26,27,28)/t19-,20-/m1/s1. The van der Waals surface area contributed by atoms with Crippen LogP contribution in [0.25, 0.3) is 10.9 Å². The van der Waals surface area contributed by atoms with Crippen molar-refractivity contribution in [2.24, 2.45) is 0 Å². The Morgan fingerprint density at radius 3 is 2.97 bits per heavy atom. The SMILES string of the molecule is COc1cc2ncnc(Nc3ccc(F)c(Cl)c3)c2cc1OCCN1CC[C@H]2OCC[C@H]21. The van der Waals surface area contributed by atoms with Gasteiger partial charge in [-0.1, -0.05) is 11.6 Å². The van der Waals surface area contributed by atoms with Crippen LogP contribution in [0.5, 0.6) is 11.5 Å². The Hall–Kier alpha value is -2.68. The molecule has 0 spiro atoms. The fraction of sp³-hybridized carbons (Fsp3) is 0.391.